The quantitative estimate of drug-likeness (QED) is 0.165. The Morgan fingerprint density at radius 3 is 2.64 bits per heavy atom. The van der Waals surface area contributed by atoms with Gasteiger partial charge in [-0.15, -0.1) is 0 Å². The van der Waals surface area contributed by atoms with Crippen LogP contribution in [0.1, 0.15) is 23.0 Å². The van der Waals surface area contributed by atoms with E-state index in [1.165, 1.54) is 17.1 Å². The van der Waals surface area contributed by atoms with Gasteiger partial charge in [0, 0.05) is 12.8 Å². The number of hydrogen-bond acceptors (Lipinski definition) is 13. The summed E-state index contributed by atoms with van der Waals surface area (Å²) in [5.74, 6) is -1.38. The average Bonchev–Trinajstić information content (AvgIpc) is 3.77. The van der Waals surface area contributed by atoms with E-state index in [9.17, 15) is 32.9 Å². The zero-order valence-corrected chi connectivity index (χ0v) is 22.4. The summed E-state index contributed by atoms with van der Waals surface area (Å²) in [6.07, 6.45) is -0.548. The third-order valence-electron chi connectivity index (χ3n) is 6.87. The highest BCUT2D eigenvalue weighted by Gasteiger charge is 2.44. The number of nitrogens with zero attached hydrogens (tertiary/aromatic N) is 6. The molecule has 0 radical (unpaired) electrons. The van der Waals surface area contributed by atoms with E-state index in [2.05, 4.69) is 25.4 Å². The number of amides is 1. The second-order valence-corrected chi connectivity index (χ2v) is 11.4. The first-order valence-corrected chi connectivity index (χ1v) is 14.2. The fourth-order valence-corrected chi connectivity index (χ4v) is 5.62. The highest BCUT2D eigenvalue weighted by molar-refractivity contribution is 7.90. The molecule has 16 nitrogen and oxygen atoms in total. The number of hydrogen-bond donors (Lipinski definition) is 5. The van der Waals surface area contributed by atoms with Gasteiger partial charge in [0.2, 0.25) is 0 Å². The topological polar surface area (TPSA) is 216 Å². The van der Waals surface area contributed by atoms with Crippen LogP contribution in [0.5, 0.6) is 0 Å². The number of carbonyl (C=O) groups is 1. The molecule has 42 heavy (non-hydrogen) atoms. The van der Waals surface area contributed by atoms with Gasteiger partial charge in [-0.05, 0) is 30.7 Å². The average molecular weight is 605 g/mol. The van der Waals surface area contributed by atoms with E-state index in [0.29, 0.717) is 25.2 Å². The summed E-state index contributed by atoms with van der Waals surface area (Å²) >= 11 is 0. The van der Waals surface area contributed by atoms with Crippen LogP contribution in [0.4, 0.5) is 10.2 Å². The number of benzene rings is 1. The number of halogens is 1. The third-order valence-corrected chi connectivity index (χ3v) is 8.22. The Morgan fingerprint density at radius 1 is 1.17 bits per heavy atom. The Labute approximate surface area is 236 Å². The van der Waals surface area contributed by atoms with Gasteiger partial charge in [0.05, 0.1) is 42.2 Å². The lowest BCUT2D eigenvalue weighted by Gasteiger charge is -2.17. The number of nitrogens with one attached hydrogen (secondary N) is 2. The van der Waals surface area contributed by atoms with Gasteiger partial charge in [0.25, 0.3) is 21.9 Å². The Morgan fingerprint density at radius 2 is 1.95 bits per heavy atom. The van der Waals surface area contributed by atoms with Crippen LogP contribution in [-0.2, 0) is 19.5 Å². The number of ether oxygens (including phenoxy) is 2. The van der Waals surface area contributed by atoms with E-state index in [1.807, 2.05) is 4.72 Å². The lowest BCUT2D eigenvalue weighted by Crippen LogP contribution is -2.33. The van der Waals surface area contributed by atoms with Gasteiger partial charge in [-0.1, -0.05) is 0 Å². The summed E-state index contributed by atoms with van der Waals surface area (Å²) in [6, 6.07) is 3.87. The standard InChI is InChI=1S/C24H25FN8O8S/c25-13-1-3-15(4-2-13)42(38,39)31-22(37)12-7-27-33(8-12)24-29-20(28-14-5-6-40-10-14)17-21(30-24)32(11-26-17)23-19(36)18(35)16(9-34)41-23/h1-4,7-8,11,14,16,18-19,23,34-36H,5-6,9-10H2,(H,31,37)(H,28,29,30)/t14?,16-,18-,19-,23-/m1/s1. The maximum Gasteiger partial charge on any atom is 0.268 e. The lowest BCUT2D eigenvalue weighted by molar-refractivity contribution is -0.0511. The van der Waals surface area contributed by atoms with Crippen molar-refractivity contribution in [3.05, 3.63) is 54.4 Å². The molecule has 2 aliphatic rings. The van der Waals surface area contributed by atoms with Crippen LogP contribution in [0.25, 0.3) is 17.1 Å². The SMILES string of the molecule is O=C(NS(=O)(=O)c1ccc(F)cc1)c1cnn(-c2nc(NC3CCOC3)c3ncn([C@@H]4O[C@H](CO)[C@@H](O)[C@H]4O)c3n2)c1. The van der Waals surface area contributed by atoms with Crippen molar-refractivity contribution in [1.29, 1.82) is 0 Å². The Bertz CT molecular complexity index is 1720. The van der Waals surface area contributed by atoms with E-state index in [4.69, 9.17) is 9.47 Å². The van der Waals surface area contributed by atoms with Gasteiger partial charge in [-0.2, -0.15) is 15.1 Å². The first-order valence-electron chi connectivity index (χ1n) is 12.7. The van der Waals surface area contributed by atoms with Crippen LogP contribution in [0.3, 0.4) is 0 Å². The first kappa shape index (κ1) is 28.1. The zero-order valence-electron chi connectivity index (χ0n) is 21.6. The van der Waals surface area contributed by atoms with Crippen LogP contribution in [0, 0.1) is 5.82 Å². The molecular formula is C24H25FN8O8S. The van der Waals surface area contributed by atoms with Gasteiger partial charge in [-0.25, -0.2) is 27.2 Å². The van der Waals surface area contributed by atoms with Gasteiger partial charge in [0.15, 0.2) is 23.2 Å². The normalized spacial score (nSPS) is 24.3. The number of anilines is 1. The molecule has 5 atom stereocenters. The molecule has 2 saturated heterocycles. The van der Waals surface area contributed by atoms with Crippen LogP contribution in [0.2, 0.25) is 0 Å². The number of carbonyl (C=O) groups excluding carboxylic acids is 1. The summed E-state index contributed by atoms with van der Waals surface area (Å²) < 4.78 is 53.9. The van der Waals surface area contributed by atoms with Crippen molar-refractivity contribution >= 4 is 32.9 Å². The molecular weight excluding hydrogens is 579 g/mol. The van der Waals surface area contributed by atoms with Crippen LogP contribution < -0.4 is 10.0 Å². The molecule has 0 spiro atoms. The number of aromatic nitrogens is 6. The van der Waals surface area contributed by atoms with Gasteiger partial charge < -0.3 is 30.1 Å². The monoisotopic (exact) mass is 604 g/mol. The highest BCUT2D eigenvalue weighted by Crippen LogP contribution is 2.33. The fraction of sp³-hybridized carbons (Fsp3) is 0.375. The largest absolute Gasteiger partial charge is 0.394 e. The predicted octanol–water partition coefficient (Wildman–Crippen LogP) is -0.918. The molecule has 4 aromatic rings. The number of aliphatic hydroxyl groups excluding tert-OH is 3. The minimum atomic E-state index is -4.30. The summed E-state index contributed by atoms with van der Waals surface area (Å²) in [7, 11) is -4.30. The zero-order chi connectivity index (χ0) is 29.6. The molecule has 5 N–H and O–H groups in total. The molecule has 5 heterocycles. The number of imidazole rings is 1. The summed E-state index contributed by atoms with van der Waals surface area (Å²) in [6.45, 7) is 0.449. The minimum absolute atomic E-state index is 0.0437. The maximum absolute atomic E-state index is 13.2. The summed E-state index contributed by atoms with van der Waals surface area (Å²) in [5.41, 5.74) is 0.343. The predicted molar refractivity (Wildman–Crippen MR) is 139 cm³/mol. The van der Waals surface area contributed by atoms with Crippen molar-refractivity contribution in [2.75, 3.05) is 25.1 Å². The maximum atomic E-state index is 13.2. The molecule has 2 aliphatic heterocycles. The molecule has 222 valence electrons. The molecule has 1 aromatic carbocycles. The van der Waals surface area contributed by atoms with Gasteiger partial charge in [-0.3, -0.25) is 9.36 Å². The van der Waals surface area contributed by atoms with Crippen LogP contribution in [-0.4, -0.2) is 103 Å². The van der Waals surface area contributed by atoms with E-state index in [-0.39, 0.29) is 33.9 Å². The smallest absolute Gasteiger partial charge is 0.268 e. The second kappa shape index (κ2) is 11.0. The highest BCUT2D eigenvalue weighted by atomic mass is 32.2. The molecule has 18 heteroatoms. The summed E-state index contributed by atoms with van der Waals surface area (Å²) in [5, 5.41) is 37.7. The van der Waals surface area contributed by atoms with Crippen molar-refractivity contribution in [1.82, 2.24) is 34.0 Å². The molecule has 1 amide bonds. The lowest BCUT2D eigenvalue weighted by atomic mass is 10.1. The van der Waals surface area contributed by atoms with Crippen molar-refractivity contribution < 1.29 is 42.4 Å². The first-order chi connectivity index (χ1) is 20.1. The Balaban J connectivity index is 1.34. The van der Waals surface area contributed by atoms with Crippen molar-refractivity contribution in [2.45, 2.75) is 41.9 Å². The number of sulfonamides is 1. The number of aliphatic hydroxyl groups is 3. The number of rotatable bonds is 8. The Hall–Kier alpha value is -4.07. The van der Waals surface area contributed by atoms with E-state index in [0.717, 1.165) is 35.1 Å². The molecule has 6 rings (SSSR count). The molecule has 0 aliphatic carbocycles. The van der Waals surface area contributed by atoms with E-state index < -0.39 is 52.9 Å². The molecule has 2 fully saturated rings. The molecule has 0 bridgehead atoms. The van der Waals surface area contributed by atoms with E-state index in [1.54, 1.807) is 0 Å². The van der Waals surface area contributed by atoms with Crippen LogP contribution >= 0.6 is 0 Å². The van der Waals surface area contributed by atoms with Gasteiger partial charge in [0.1, 0.15) is 24.1 Å². The molecule has 1 unspecified atom stereocenters. The van der Waals surface area contributed by atoms with Crippen molar-refractivity contribution in [2.24, 2.45) is 0 Å². The molecule has 3 aromatic heterocycles. The summed E-state index contributed by atoms with van der Waals surface area (Å²) in [4.78, 5) is 25.9. The minimum Gasteiger partial charge on any atom is -0.394 e. The van der Waals surface area contributed by atoms with Crippen LogP contribution in [0.15, 0.2) is 47.9 Å². The Kier molecular flexibility index (Phi) is 7.33. The van der Waals surface area contributed by atoms with E-state index >= 15 is 0 Å². The van der Waals surface area contributed by atoms with Gasteiger partial charge >= 0.3 is 0 Å². The fourth-order valence-electron chi connectivity index (χ4n) is 4.65. The number of fused-ring (bicyclic) bond motifs is 1. The molecule has 0 saturated carbocycles. The third kappa shape index (κ3) is 5.19. The van der Waals surface area contributed by atoms with Crippen molar-refractivity contribution in [3.63, 3.8) is 0 Å². The second-order valence-electron chi connectivity index (χ2n) is 9.69. The van der Waals surface area contributed by atoms with Crippen molar-refractivity contribution in [3.8, 4) is 5.95 Å².